The van der Waals surface area contributed by atoms with E-state index in [0.29, 0.717) is 0 Å². The van der Waals surface area contributed by atoms with Crippen molar-refractivity contribution in [1.29, 1.82) is 0 Å². The van der Waals surface area contributed by atoms with Gasteiger partial charge in [0.25, 0.3) is 0 Å². The summed E-state index contributed by atoms with van der Waals surface area (Å²) >= 11 is 0. The Morgan fingerprint density at radius 1 is 1.38 bits per heavy atom. The molecule has 0 aliphatic carbocycles. The first-order chi connectivity index (χ1) is 7.51. The molecule has 0 aliphatic heterocycles. The van der Waals surface area contributed by atoms with E-state index in [1.54, 1.807) is 0 Å². The SMILES string of the molecule is COc1cc(C(N)C(=O)O)c(OC)cc1F. The third kappa shape index (κ3) is 2.22. The first-order valence-electron chi connectivity index (χ1n) is 4.41. The first-order valence-corrected chi connectivity index (χ1v) is 4.41. The van der Waals surface area contributed by atoms with Crippen LogP contribution in [0.25, 0.3) is 0 Å². The third-order valence-electron chi connectivity index (χ3n) is 2.11. The fourth-order valence-corrected chi connectivity index (χ4v) is 1.26. The summed E-state index contributed by atoms with van der Waals surface area (Å²) in [7, 11) is 2.58. The summed E-state index contributed by atoms with van der Waals surface area (Å²) in [5.41, 5.74) is 5.59. The van der Waals surface area contributed by atoms with Gasteiger partial charge in [-0.25, -0.2) is 4.39 Å². The monoisotopic (exact) mass is 229 g/mol. The maximum absolute atomic E-state index is 13.3. The quantitative estimate of drug-likeness (QED) is 0.802. The van der Waals surface area contributed by atoms with Crippen LogP contribution in [-0.4, -0.2) is 25.3 Å². The summed E-state index contributed by atoms with van der Waals surface area (Å²) in [6.07, 6.45) is 0. The average molecular weight is 229 g/mol. The normalized spacial score (nSPS) is 12.0. The Kier molecular flexibility index (Phi) is 3.68. The fraction of sp³-hybridized carbons (Fsp3) is 0.300. The van der Waals surface area contributed by atoms with Crippen LogP contribution in [0.4, 0.5) is 4.39 Å². The Morgan fingerprint density at radius 3 is 2.38 bits per heavy atom. The molecule has 0 radical (unpaired) electrons. The molecule has 0 amide bonds. The lowest BCUT2D eigenvalue weighted by atomic mass is 10.1. The minimum atomic E-state index is -1.29. The number of halogens is 1. The van der Waals surface area contributed by atoms with Gasteiger partial charge in [0.1, 0.15) is 11.8 Å². The van der Waals surface area contributed by atoms with Crippen LogP contribution in [0.15, 0.2) is 12.1 Å². The van der Waals surface area contributed by atoms with E-state index in [1.807, 2.05) is 0 Å². The zero-order valence-corrected chi connectivity index (χ0v) is 8.86. The lowest BCUT2D eigenvalue weighted by Gasteiger charge is -2.14. The summed E-state index contributed by atoms with van der Waals surface area (Å²) in [5, 5.41) is 8.77. The highest BCUT2D eigenvalue weighted by Gasteiger charge is 2.21. The molecule has 0 fully saturated rings. The number of ether oxygens (including phenoxy) is 2. The van der Waals surface area contributed by atoms with E-state index in [0.717, 1.165) is 6.07 Å². The summed E-state index contributed by atoms with van der Waals surface area (Å²) in [4.78, 5) is 10.7. The van der Waals surface area contributed by atoms with Crippen LogP contribution < -0.4 is 15.2 Å². The average Bonchev–Trinajstić information content (AvgIpc) is 2.27. The molecule has 0 aliphatic rings. The molecule has 0 aromatic heterocycles. The zero-order valence-electron chi connectivity index (χ0n) is 8.86. The topological polar surface area (TPSA) is 81.8 Å². The van der Waals surface area contributed by atoms with Crippen molar-refractivity contribution in [1.82, 2.24) is 0 Å². The Hall–Kier alpha value is -1.82. The van der Waals surface area contributed by atoms with Crippen molar-refractivity contribution in [2.24, 2.45) is 5.73 Å². The Bertz CT molecular complexity index is 408. The molecule has 0 heterocycles. The standard InChI is InChI=1S/C10H12FNO4/c1-15-7-4-6(11)8(16-2)3-5(7)9(12)10(13)14/h3-4,9H,12H2,1-2H3,(H,13,14). The third-order valence-corrected chi connectivity index (χ3v) is 2.11. The highest BCUT2D eigenvalue weighted by atomic mass is 19.1. The van der Waals surface area contributed by atoms with Gasteiger partial charge in [0.2, 0.25) is 0 Å². The maximum Gasteiger partial charge on any atom is 0.325 e. The highest BCUT2D eigenvalue weighted by molar-refractivity contribution is 5.76. The van der Waals surface area contributed by atoms with Crippen molar-refractivity contribution in [3.63, 3.8) is 0 Å². The van der Waals surface area contributed by atoms with Crippen LogP contribution in [0.5, 0.6) is 11.5 Å². The molecule has 16 heavy (non-hydrogen) atoms. The predicted molar refractivity (Wildman–Crippen MR) is 54.1 cm³/mol. The van der Waals surface area contributed by atoms with Gasteiger partial charge in [0, 0.05) is 11.6 Å². The number of rotatable bonds is 4. The molecule has 0 bridgehead atoms. The number of carboxylic acids is 1. The molecule has 88 valence electrons. The molecule has 1 aromatic carbocycles. The fourth-order valence-electron chi connectivity index (χ4n) is 1.26. The van der Waals surface area contributed by atoms with Crippen LogP contribution in [0.3, 0.4) is 0 Å². The van der Waals surface area contributed by atoms with E-state index < -0.39 is 17.8 Å². The van der Waals surface area contributed by atoms with E-state index in [4.69, 9.17) is 20.3 Å². The molecule has 1 unspecified atom stereocenters. The number of hydrogen-bond donors (Lipinski definition) is 2. The molecule has 3 N–H and O–H groups in total. The lowest BCUT2D eigenvalue weighted by molar-refractivity contribution is -0.138. The van der Waals surface area contributed by atoms with Crippen LogP contribution in [-0.2, 0) is 4.79 Å². The lowest BCUT2D eigenvalue weighted by Crippen LogP contribution is -2.21. The minimum absolute atomic E-state index is 0.0764. The maximum atomic E-state index is 13.3. The number of aliphatic carboxylic acids is 1. The number of carbonyl (C=O) groups is 1. The highest BCUT2D eigenvalue weighted by Crippen LogP contribution is 2.31. The number of hydrogen-bond acceptors (Lipinski definition) is 4. The number of benzene rings is 1. The van der Waals surface area contributed by atoms with Gasteiger partial charge in [-0.15, -0.1) is 0 Å². The predicted octanol–water partition coefficient (Wildman–Crippen LogP) is 0.927. The molecular weight excluding hydrogens is 217 g/mol. The Morgan fingerprint density at radius 2 is 1.94 bits per heavy atom. The van der Waals surface area contributed by atoms with Gasteiger partial charge in [-0.1, -0.05) is 0 Å². The second kappa shape index (κ2) is 4.80. The van der Waals surface area contributed by atoms with Crippen LogP contribution in [0.2, 0.25) is 0 Å². The molecule has 6 heteroatoms. The zero-order chi connectivity index (χ0) is 12.3. The van der Waals surface area contributed by atoms with Crippen molar-refractivity contribution >= 4 is 5.97 Å². The molecule has 1 aromatic rings. The van der Waals surface area contributed by atoms with Crippen LogP contribution >= 0.6 is 0 Å². The van der Waals surface area contributed by atoms with Crippen molar-refractivity contribution in [2.75, 3.05) is 14.2 Å². The summed E-state index contributed by atoms with van der Waals surface area (Å²) < 4.78 is 22.9. The molecule has 1 rings (SSSR count). The van der Waals surface area contributed by atoms with Gasteiger partial charge in [-0.2, -0.15) is 0 Å². The molecule has 5 nitrogen and oxygen atoms in total. The largest absolute Gasteiger partial charge is 0.496 e. The summed E-state index contributed by atoms with van der Waals surface area (Å²) in [6, 6.07) is 0.966. The van der Waals surface area contributed by atoms with Gasteiger partial charge in [-0.05, 0) is 6.07 Å². The van der Waals surface area contributed by atoms with E-state index in [1.165, 1.54) is 20.3 Å². The Labute approximate surface area is 91.6 Å². The van der Waals surface area contributed by atoms with E-state index in [-0.39, 0.29) is 17.1 Å². The number of nitrogens with two attached hydrogens (primary N) is 1. The van der Waals surface area contributed by atoms with Crippen molar-refractivity contribution < 1.29 is 23.8 Å². The first kappa shape index (κ1) is 12.3. The van der Waals surface area contributed by atoms with Gasteiger partial charge < -0.3 is 20.3 Å². The van der Waals surface area contributed by atoms with Gasteiger partial charge >= 0.3 is 5.97 Å². The molecule has 1 atom stereocenters. The number of methoxy groups -OCH3 is 2. The van der Waals surface area contributed by atoms with Gasteiger partial charge in [-0.3, -0.25) is 4.79 Å². The van der Waals surface area contributed by atoms with Crippen LogP contribution in [0, 0.1) is 5.82 Å². The summed E-state index contributed by atoms with van der Waals surface area (Å²) in [5.74, 6) is -1.87. The second-order valence-corrected chi connectivity index (χ2v) is 3.04. The summed E-state index contributed by atoms with van der Waals surface area (Å²) in [6.45, 7) is 0. The minimum Gasteiger partial charge on any atom is -0.496 e. The van der Waals surface area contributed by atoms with Crippen LogP contribution in [0.1, 0.15) is 11.6 Å². The second-order valence-electron chi connectivity index (χ2n) is 3.04. The molecule has 0 spiro atoms. The number of carboxylic acid groups (broad SMARTS) is 1. The van der Waals surface area contributed by atoms with E-state index >= 15 is 0 Å². The Balaban J connectivity index is 3.29. The molecular formula is C10H12FNO4. The smallest absolute Gasteiger partial charge is 0.325 e. The molecule has 0 saturated carbocycles. The van der Waals surface area contributed by atoms with Gasteiger partial charge in [0.15, 0.2) is 11.6 Å². The van der Waals surface area contributed by atoms with E-state index in [9.17, 15) is 9.18 Å². The van der Waals surface area contributed by atoms with Crippen molar-refractivity contribution in [2.45, 2.75) is 6.04 Å². The van der Waals surface area contributed by atoms with Crippen molar-refractivity contribution in [3.8, 4) is 11.5 Å². The van der Waals surface area contributed by atoms with Gasteiger partial charge in [0.05, 0.1) is 14.2 Å². The van der Waals surface area contributed by atoms with E-state index in [2.05, 4.69) is 0 Å². The van der Waals surface area contributed by atoms with Crippen molar-refractivity contribution in [3.05, 3.63) is 23.5 Å². The molecule has 0 saturated heterocycles.